The number of benzene rings is 2. The van der Waals surface area contributed by atoms with E-state index in [1.54, 1.807) is 28.4 Å². The zero-order chi connectivity index (χ0) is 29.2. The van der Waals surface area contributed by atoms with Crippen molar-refractivity contribution in [2.24, 2.45) is 0 Å². The Morgan fingerprint density at radius 3 is 2.41 bits per heavy atom. The number of amides is 1. The highest BCUT2D eigenvalue weighted by Gasteiger charge is 2.20. The predicted molar refractivity (Wildman–Crippen MR) is 160 cm³/mol. The highest BCUT2D eigenvalue weighted by molar-refractivity contribution is 7.09. The summed E-state index contributed by atoms with van der Waals surface area (Å²) in [6, 6.07) is 15.3. The number of carbonyl (C=O) groups is 1. The minimum atomic E-state index is -0.108. The molecular weight excluding hydrogens is 542 g/mol. The van der Waals surface area contributed by atoms with Crippen LogP contribution >= 0.6 is 11.3 Å². The first-order valence-corrected chi connectivity index (χ1v) is 14.2. The van der Waals surface area contributed by atoms with Gasteiger partial charge in [0.05, 0.1) is 38.3 Å². The van der Waals surface area contributed by atoms with Gasteiger partial charge in [0.1, 0.15) is 23.1 Å². The molecule has 2 heterocycles. The Morgan fingerprint density at radius 2 is 1.71 bits per heavy atom. The number of methoxy groups -OCH3 is 4. The number of aryl methyl sites for hydroxylation is 1. The molecule has 0 spiro atoms. The summed E-state index contributed by atoms with van der Waals surface area (Å²) in [4.78, 5) is 18.0. The molecule has 218 valence electrons. The zero-order valence-corrected chi connectivity index (χ0v) is 25.0. The van der Waals surface area contributed by atoms with Gasteiger partial charge in [-0.3, -0.25) is 4.79 Å². The second-order valence-corrected chi connectivity index (χ2v) is 10.3. The monoisotopic (exact) mass is 579 g/mol. The van der Waals surface area contributed by atoms with E-state index in [4.69, 9.17) is 28.7 Å². The Bertz CT molecular complexity index is 1430. The van der Waals surface area contributed by atoms with Crippen LogP contribution in [-0.2, 0) is 24.3 Å². The summed E-state index contributed by atoms with van der Waals surface area (Å²) >= 11 is 1.53. The SMILES string of the molecule is COCCCNC(=O)c1cc(-c2csc(COc3ccc(OC)cc3)n2)n(CCc2ccc(OC)c(OC)c2)c1C. The molecule has 2 aromatic heterocycles. The zero-order valence-electron chi connectivity index (χ0n) is 24.2. The first kappa shape index (κ1) is 30.0. The molecule has 9 nitrogen and oxygen atoms in total. The van der Waals surface area contributed by atoms with Crippen LogP contribution in [0.3, 0.4) is 0 Å². The van der Waals surface area contributed by atoms with Gasteiger partial charge in [-0.15, -0.1) is 11.3 Å². The Kier molecular flexibility index (Phi) is 10.6. The van der Waals surface area contributed by atoms with Gasteiger partial charge in [-0.05, 0) is 67.8 Å². The quantitative estimate of drug-likeness (QED) is 0.185. The third kappa shape index (κ3) is 7.59. The molecule has 0 aliphatic carbocycles. The Labute approximate surface area is 245 Å². The summed E-state index contributed by atoms with van der Waals surface area (Å²) in [5.41, 5.74) is 4.30. The van der Waals surface area contributed by atoms with Crippen LogP contribution in [0.15, 0.2) is 53.9 Å². The normalized spacial score (nSPS) is 10.9. The number of rotatable bonds is 15. The summed E-state index contributed by atoms with van der Waals surface area (Å²) < 4.78 is 29.3. The maximum absolute atomic E-state index is 13.1. The van der Waals surface area contributed by atoms with Gasteiger partial charge in [-0.25, -0.2) is 4.98 Å². The molecule has 1 N–H and O–H groups in total. The van der Waals surface area contributed by atoms with E-state index < -0.39 is 0 Å². The van der Waals surface area contributed by atoms with E-state index in [2.05, 4.69) is 9.88 Å². The lowest BCUT2D eigenvalue weighted by Gasteiger charge is -2.13. The van der Waals surface area contributed by atoms with Crippen molar-refractivity contribution in [1.29, 1.82) is 0 Å². The van der Waals surface area contributed by atoms with Crippen molar-refractivity contribution in [3.05, 3.63) is 75.7 Å². The van der Waals surface area contributed by atoms with E-state index >= 15 is 0 Å². The molecule has 1 amide bonds. The van der Waals surface area contributed by atoms with Gasteiger partial charge in [0.15, 0.2) is 11.5 Å². The van der Waals surface area contributed by atoms with Gasteiger partial charge >= 0.3 is 0 Å². The summed E-state index contributed by atoms with van der Waals surface area (Å²) in [5, 5.41) is 5.86. The molecule has 0 saturated heterocycles. The van der Waals surface area contributed by atoms with Crippen molar-refractivity contribution in [2.45, 2.75) is 32.9 Å². The van der Waals surface area contributed by atoms with E-state index in [0.717, 1.165) is 52.0 Å². The van der Waals surface area contributed by atoms with E-state index in [1.165, 1.54) is 11.3 Å². The van der Waals surface area contributed by atoms with Crippen LogP contribution in [0.4, 0.5) is 0 Å². The topological polar surface area (TPSA) is 93.1 Å². The van der Waals surface area contributed by atoms with E-state index in [9.17, 15) is 4.79 Å². The maximum atomic E-state index is 13.1. The number of aromatic nitrogens is 2. The fourth-order valence-electron chi connectivity index (χ4n) is 4.48. The van der Waals surface area contributed by atoms with Gasteiger partial charge in [-0.2, -0.15) is 0 Å². The number of carbonyl (C=O) groups excluding carboxylic acids is 1. The van der Waals surface area contributed by atoms with Crippen LogP contribution < -0.4 is 24.3 Å². The van der Waals surface area contributed by atoms with E-state index in [1.807, 2.05) is 60.8 Å². The highest BCUT2D eigenvalue weighted by Crippen LogP contribution is 2.31. The molecular formula is C31H37N3O6S. The molecule has 0 radical (unpaired) electrons. The van der Waals surface area contributed by atoms with Crippen molar-refractivity contribution in [1.82, 2.24) is 14.9 Å². The number of ether oxygens (including phenoxy) is 5. The van der Waals surface area contributed by atoms with Crippen molar-refractivity contribution in [3.63, 3.8) is 0 Å². The van der Waals surface area contributed by atoms with E-state index in [-0.39, 0.29) is 5.91 Å². The fraction of sp³-hybridized carbons (Fsp3) is 0.355. The second kappa shape index (κ2) is 14.6. The van der Waals surface area contributed by atoms with Gasteiger partial charge in [0.2, 0.25) is 0 Å². The lowest BCUT2D eigenvalue weighted by Crippen LogP contribution is -2.25. The Hall–Kier alpha value is -4.02. The van der Waals surface area contributed by atoms with Gasteiger partial charge in [0.25, 0.3) is 5.91 Å². The predicted octanol–water partition coefficient (Wildman–Crippen LogP) is 5.53. The van der Waals surface area contributed by atoms with Crippen molar-refractivity contribution in [3.8, 4) is 34.4 Å². The molecule has 0 unspecified atom stereocenters. The molecule has 4 aromatic rings. The molecule has 0 fully saturated rings. The number of hydrogen-bond donors (Lipinski definition) is 1. The molecule has 0 aliphatic rings. The number of nitrogens with one attached hydrogen (secondary N) is 1. The summed E-state index contributed by atoms with van der Waals surface area (Å²) in [5.74, 6) is 2.78. The lowest BCUT2D eigenvalue weighted by molar-refractivity contribution is 0.0948. The minimum absolute atomic E-state index is 0.108. The van der Waals surface area contributed by atoms with Crippen LogP contribution in [0.2, 0.25) is 0 Å². The van der Waals surface area contributed by atoms with Gasteiger partial charge in [0, 0.05) is 37.9 Å². The largest absolute Gasteiger partial charge is 0.497 e. The molecule has 10 heteroatoms. The molecule has 0 atom stereocenters. The van der Waals surface area contributed by atoms with Crippen molar-refractivity contribution >= 4 is 17.2 Å². The Balaban J connectivity index is 1.56. The maximum Gasteiger partial charge on any atom is 0.253 e. The number of thiazole rings is 1. The molecule has 2 aromatic carbocycles. The van der Waals surface area contributed by atoms with Crippen molar-refractivity contribution < 1.29 is 28.5 Å². The third-order valence-corrected chi connectivity index (χ3v) is 7.55. The first-order chi connectivity index (χ1) is 20.0. The average molecular weight is 580 g/mol. The molecule has 0 saturated carbocycles. The Morgan fingerprint density at radius 1 is 0.951 bits per heavy atom. The molecule has 4 rings (SSSR count). The molecule has 0 aliphatic heterocycles. The van der Waals surface area contributed by atoms with Gasteiger partial charge < -0.3 is 33.6 Å². The third-order valence-electron chi connectivity index (χ3n) is 6.73. The van der Waals surface area contributed by atoms with Crippen molar-refractivity contribution in [2.75, 3.05) is 41.6 Å². The van der Waals surface area contributed by atoms with Crippen LogP contribution in [0.5, 0.6) is 23.0 Å². The van der Waals surface area contributed by atoms with Crippen LogP contribution in [0.1, 0.15) is 33.0 Å². The van der Waals surface area contributed by atoms with Gasteiger partial charge in [-0.1, -0.05) is 6.07 Å². The van der Waals surface area contributed by atoms with Crippen LogP contribution in [0.25, 0.3) is 11.4 Å². The smallest absolute Gasteiger partial charge is 0.253 e. The van der Waals surface area contributed by atoms with Crippen LogP contribution in [0, 0.1) is 6.92 Å². The summed E-state index contributed by atoms with van der Waals surface area (Å²) in [7, 11) is 6.54. The highest BCUT2D eigenvalue weighted by atomic mass is 32.1. The average Bonchev–Trinajstić information content (AvgIpc) is 3.61. The minimum Gasteiger partial charge on any atom is -0.497 e. The molecule has 0 bridgehead atoms. The molecule has 41 heavy (non-hydrogen) atoms. The summed E-state index contributed by atoms with van der Waals surface area (Å²) in [6.45, 7) is 4.11. The second-order valence-electron chi connectivity index (χ2n) is 9.31. The van der Waals surface area contributed by atoms with Crippen LogP contribution in [-0.4, -0.2) is 57.0 Å². The summed E-state index contributed by atoms with van der Waals surface area (Å²) in [6.07, 6.45) is 1.48. The number of nitrogens with zero attached hydrogens (tertiary/aromatic N) is 2. The first-order valence-electron chi connectivity index (χ1n) is 13.4. The number of hydrogen-bond acceptors (Lipinski definition) is 8. The lowest BCUT2D eigenvalue weighted by atomic mass is 10.1. The van der Waals surface area contributed by atoms with E-state index in [0.29, 0.717) is 43.4 Å². The fourth-order valence-corrected chi connectivity index (χ4v) is 5.18. The standard InChI is InChI=1S/C31H37N3O6S/c1-21-25(31(35)32-14-6-16-36-2)18-27(34(21)15-13-22-7-12-28(38-4)29(17-22)39-5)26-20-41-30(33-26)19-40-24-10-8-23(37-3)9-11-24/h7-12,17-18,20H,6,13-16,19H2,1-5H3,(H,32,35).